The summed E-state index contributed by atoms with van der Waals surface area (Å²) in [5, 5.41) is 3.59. The van der Waals surface area contributed by atoms with E-state index in [1.54, 1.807) is 0 Å². The van der Waals surface area contributed by atoms with Crippen LogP contribution in [0.4, 0.5) is 0 Å². The Morgan fingerprint density at radius 1 is 1.22 bits per heavy atom. The fourth-order valence-corrected chi connectivity index (χ4v) is 2.79. The second-order valence-corrected chi connectivity index (χ2v) is 5.82. The molecule has 0 saturated heterocycles. The number of likely N-dealkylation sites (N-methyl/N-ethyl adjacent to an activating group) is 1. The van der Waals surface area contributed by atoms with E-state index in [2.05, 4.69) is 72.0 Å². The zero-order chi connectivity index (χ0) is 13.5. The summed E-state index contributed by atoms with van der Waals surface area (Å²) in [7, 11) is 0. The van der Waals surface area contributed by atoms with Gasteiger partial charge in [-0.25, -0.2) is 0 Å². The highest BCUT2D eigenvalue weighted by Gasteiger charge is 2.06. The third kappa shape index (κ3) is 5.51. The second kappa shape index (κ2) is 7.93. The van der Waals surface area contributed by atoms with Gasteiger partial charge in [-0.1, -0.05) is 35.8 Å². The molecule has 0 amide bonds. The molecule has 0 aromatic heterocycles. The molecule has 0 radical (unpaired) electrons. The zero-order valence-electron chi connectivity index (χ0n) is 12.0. The predicted octanol–water partition coefficient (Wildman–Crippen LogP) is 3.58. The minimum atomic E-state index is 0.518. The number of nitrogens with zero attached hydrogens (tertiary/aromatic N) is 1. The minimum absolute atomic E-state index is 0.518. The zero-order valence-corrected chi connectivity index (χ0v) is 13.5. The third-order valence-electron chi connectivity index (χ3n) is 3.18. The van der Waals surface area contributed by atoms with Crippen LogP contribution in [0.15, 0.2) is 22.7 Å². The predicted molar refractivity (Wildman–Crippen MR) is 83.0 cm³/mol. The van der Waals surface area contributed by atoms with Crippen molar-refractivity contribution in [1.82, 2.24) is 10.2 Å². The van der Waals surface area contributed by atoms with Crippen LogP contribution < -0.4 is 5.32 Å². The maximum Gasteiger partial charge on any atom is 0.0209 e. The number of aryl methyl sites for hydroxylation is 1. The fourth-order valence-electron chi connectivity index (χ4n) is 2.14. The van der Waals surface area contributed by atoms with Crippen molar-refractivity contribution in [2.45, 2.75) is 40.3 Å². The van der Waals surface area contributed by atoms with E-state index in [-0.39, 0.29) is 0 Å². The maximum atomic E-state index is 3.59. The van der Waals surface area contributed by atoms with Gasteiger partial charge in [0.2, 0.25) is 0 Å². The molecule has 3 heteroatoms. The summed E-state index contributed by atoms with van der Waals surface area (Å²) in [6, 6.07) is 7.08. The third-order valence-corrected chi connectivity index (χ3v) is 3.64. The molecule has 0 fully saturated rings. The Morgan fingerprint density at radius 3 is 2.44 bits per heavy atom. The normalized spacial score (nSPS) is 13.0. The number of benzene rings is 1. The van der Waals surface area contributed by atoms with Crippen LogP contribution in [-0.4, -0.2) is 30.6 Å². The van der Waals surface area contributed by atoms with Gasteiger partial charge in [-0.15, -0.1) is 0 Å². The highest BCUT2D eigenvalue weighted by molar-refractivity contribution is 9.10. The summed E-state index contributed by atoms with van der Waals surface area (Å²) in [5.41, 5.74) is 2.64. The number of rotatable bonds is 7. The largest absolute Gasteiger partial charge is 0.309 e. The van der Waals surface area contributed by atoms with Crippen molar-refractivity contribution < 1.29 is 0 Å². The first-order valence-corrected chi connectivity index (χ1v) is 7.56. The summed E-state index contributed by atoms with van der Waals surface area (Å²) < 4.78 is 1.16. The SMILES string of the molecule is CCN(CC)CC(C)NCc1cc(C)cc(Br)c1. The molecule has 0 spiro atoms. The van der Waals surface area contributed by atoms with Crippen LogP contribution in [0.1, 0.15) is 31.9 Å². The van der Waals surface area contributed by atoms with E-state index >= 15 is 0 Å². The van der Waals surface area contributed by atoms with Gasteiger partial charge in [0.05, 0.1) is 0 Å². The van der Waals surface area contributed by atoms with Gasteiger partial charge in [-0.3, -0.25) is 0 Å². The highest BCUT2D eigenvalue weighted by Crippen LogP contribution is 2.15. The van der Waals surface area contributed by atoms with Crippen molar-refractivity contribution in [3.8, 4) is 0 Å². The van der Waals surface area contributed by atoms with Crippen molar-refractivity contribution >= 4 is 15.9 Å². The molecule has 1 unspecified atom stereocenters. The molecule has 1 aromatic rings. The average Bonchev–Trinajstić information content (AvgIpc) is 2.32. The van der Waals surface area contributed by atoms with E-state index in [9.17, 15) is 0 Å². The Bertz CT molecular complexity index is 341. The molecule has 102 valence electrons. The number of hydrogen-bond donors (Lipinski definition) is 1. The molecule has 2 nitrogen and oxygen atoms in total. The monoisotopic (exact) mass is 312 g/mol. The van der Waals surface area contributed by atoms with Crippen molar-refractivity contribution in [2.24, 2.45) is 0 Å². The molecular weight excluding hydrogens is 288 g/mol. The van der Waals surface area contributed by atoms with Gasteiger partial charge in [0, 0.05) is 23.6 Å². The Labute approximate surface area is 120 Å². The fraction of sp³-hybridized carbons (Fsp3) is 0.600. The standard InChI is InChI=1S/C15H25BrN2/c1-5-18(6-2)11-13(4)17-10-14-7-12(3)8-15(16)9-14/h7-9,13,17H,5-6,10-11H2,1-4H3. The summed E-state index contributed by atoms with van der Waals surface area (Å²) in [5.74, 6) is 0. The van der Waals surface area contributed by atoms with E-state index in [1.165, 1.54) is 11.1 Å². The molecule has 0 aliphatic rings. The molecule has 1 atom stereocenters. The minimum Gasteiger partial charge on any atom is -0.309 e. The van der Waals surface area contributed by atoms with E-state index in [0.717, 1.165) is 30.7 Å². The van der Waals surface area contributed by atoms with Crippen LogP contribution in [0.25, 0.3) is 0 Å². The first kappa shape index (κ1) is 15.7. The van der Waals surface area contributed by atoms with Crippen LogP contribution >= 0.6 is 15.9 Å². The van der Waals surface area contributed by atoms with Gasteiger partial charge >= 0.3 is 0 Å². The summed E-state index contributed by atoms with van der Waals surface area (Å²) in [4.78, 5) is 2.45. The van der Waals surface area contributed by atoms with E-state index < -0.39 is 0 Å². The molecule has 0 aliphatic carbocycles. The lowest BCUT2D eigenvalue weighted by Gasteiger charge is -2.23. The first-order chi connectivity index (χ1) is 8.55. The Balaban J connectivity index is 2.44. The van der Waals surface area contributed by atoms with Crippen LogP contribution in [-0.2, 0) is 6.54 Å². The lowest BCUT2D eigenvalue weighted by Crippen LogP contribution is -2.38. The lowest BCUT2D eigenvalue weighted by atomic mass is 10.1. The smallest absolute Gasteiger partial charge is 0.0209 e. The van der Waals surface area contributed by atoms with Crippen molar-refractivity contribution in [1.29, 1.82) is 0 Å². The van der Waals surface area contributed by atoms with Gasteiger partial charge in [0.15, 0.2) is 0 Å². The second-order valence-electron chi connectivity index (χ2n) is 4.90. The van der Waals surface area contributed by atoms with Crippen molar-refractivity contribution in [3.05, 3.63) is 33.8 Å². The number of nitrogens with one attached hydrogen (secondary N) is 1. The summed E-state index contributed by atoms with van der Waals surface area (Å²) >= 11 is 3.55. The molecule has 1 aromatic carbocycles. The van der Waals surface area contributed by atoms with Gasteiger partial charge in [-0.05, 0) is 50.2 Å². The summed E-state index contributed by atoms with van der Waals surface area (Å²) in [6.45, 7) is 13.1. The number of hydrogen-bond acceptors (Lipinski definition) is 2. The molecule has 0 bridgehead atoms. The van der Waals surface area contributed by atoms with Crippen molar-refractivity contribution in [3.63, 3.8) is 0 Å². The van der Waals surface area contributed by atoms with E-state index in [0.29, 0.717) is 6.04 Å². The van der Waals surface area contributed by atoms with Gasteiger partial charge in [0.25, 0.3) is 0 Å². The quantitative estimate of drug-likeness (QED) is 0.828. The van der Waals surface area contributed by atoms with Crippen LogP contribution in [0.5, 0.6) is 0 Å². The van der Waals surface area contributed by atoms with Gasteiger partial charge in [-0.2, -0.15) is 0 Å². The van der Waals surface area contributed by atoms with Gasteiger partial charge in [0.1, 0.15) is 0 Å². The molecular formula is C15H25BrN2. The van der Waals surface area contributed by atoms with Crippen LogP contribution in [0, 0.1) is 6.92 Å². The lowest BCUT2D eigenvalue weighted by molar-refractivity contribution is 0.270. The molecule has 1 N–H and O–H groups in total. The summed E-state index contributed by atoms with van der Waals surface area (Å²) in [6.07, 6.45) is 0. The Hall–Kier alpha value is -0.380. The molecule has 1 rings (SSSR count). The van der Waals surface area contributed by atoms with Gasteiger partial charge < -0.3 is 10.2 Å². The van der Waals surface area contributed by atoms with Crippen molar-refractivity contribution in [2.75, 3.05) is 19.6 Å². The molecule has 0 saturated carbocycles. The molecule has 18 heavy (non-hydrogen) atoms. The molecule has 0 heterocycles. The van der Waals surface area contributed by atoms with E-state index in [4.69, 9.17) is 0 Å². The van der Waals surface area contributed by atoms with Crippen LogP contribution in [0.3, 0.4) is 0 Å². The number of halogens is 1. The Kier molecular flexibility index (Phi) is 6.90. The van der Waals surface area contributed by atoms with Crippen LogP contribution in [0.2, 0.25) is 0 Å². The highest BCUT2D eigenvalue weighted by atomic mass is 79.9. The maximum absolute atomic E-state index is 3.59. The topological polar surface area (TPSA) is 15.3 Å². The first-order valence-electron chi connectivity index (χ1n) is 6.77. The average molecular weight is 313 g/mol. The Morgan fingerprint density at radius 2 is 1.89 bits per heavy atom. The molecule has 0 aliphatic heterocycles. The van der Waals surface area contributed by atoms with E-state index in [1.807, 2.05) is 0 Å².